The van der Waals surface area contributed by atoms with Crippen molar-refractivity contribution in [2.75, 3.05) is 0 Å². The zero-order valence-corrected chi connectivity index (χ0v) is 16.8. The lowest BCUT2D eigenvalue weighted by Gasteiger charge is -2.27. The molecule has 0 spiro atoms. The van der Waals surface area contributed by atoms with Crippen LogP contribution in [0.15, 0.2) is 47.1 Å². The largest absolute Gasteiger partial charge is 0.469 e. The first kappa shape index (κ1) is 21.3. The van der Waals surface area contributed by atoms with Gasteiger partial charge in [0.1, 0.15) is 17.5 Å². The molecule has 0 aliphatic heterocycles. The molecule has 3 unspecified atom stereocenters. The van der Waals surface area contributed by atoms with Gasteiger partial charge in [0.15, 0.2) is 0 Å². The molecule has 6 nitrogen and oxygen atoms in total. The lowest BCUT2D eigenvalue weighted by Crippen LogP contribution is -2.28. The van der Waals surface area contributed by atoms with Crippen molar-refractivity contribution in [3.8, 4) is 0 Å². The Bertz CT molecular complexity index is 746. The summed E-state index contributed by atoms with van der Waals surface area (Å²) in [4.78, 5) is 12.4. The van der Waals surface area contributed by atoms with E-state index >= 15 is 0 Å². The van der Waals surface area contributed by atoms with Crippen LogP contribution in [0.3, 0.4) is 0 Å². The number of carbonyl (C=O) groups excluding carboxylic acids is 1. The van der Waals surface area contributed by atoms with Gasteiger partial charge in [-0.2, -0.15) is 4.21 Å². The van der Waals surface area contributed by atoms with Crippen molar-refractivity contribution in [3.63, 3.8) is 0 Å². The summed E-state index contributed by atoms with van der Waals surface area (Å²) in [5, 5.41) is 0. The smallest absolute Gasteiger partial charge is 0.306 e. The zero-order chi connectivity index (χ0) is 20.0. The van der Waals surface area contributed by atoms with E-state index in [0.717, 1.165) is 5.56 Å². The van der Waals surface area contributed by atoms with Gasteiger partial charge in [-0.1, -0.05) is 29.8 Å². The Morgan fingerprint density at radius 2 is 1.89 bits per heavy atom. The number of carbonyl (C=O) groups is 1. The molecule has 3 atom stereocenters. The number of aryl methyl sites for hydroxylation is 1. The van der Waals surface area contributed by atoms with Crippen molar-refractivity contribution in [1.82, 2.24) is 0 Å². The van der Waals surface area contributed by atoms with Gasteiger partial charge in [-0.05, 0) is 45.4 Å². The molecule has 1 heterocycles. The van der Waals surface area contributed by atoms with Crippen molar-refractivity contribution >= 4 is 17.3 Å². The number of furan rings is 1. The van der Waals surface area contributed by atoms with Gasteiger partial charge in [-0.15, -0.1) is 0 Å². The maximum atomic E-state index is 12.4. The maximum Gasteiger partial charge on any atom is 0.306 e. The van der Waals surface area contributed by atoms with E-state index in [2.05, 4.69) is 0 Å². The van der Waals surface area contributed by atoms with Crippen LogP contribution < -0.4 is 0 Å². The summed E-state index contributed by atoms with van der Waals surface area (Å²) in [7, 11) is 0. The van der Waals surface area contributed by atoms with Crippen molar-refractivity contribution in [3.05, 3.63) is 59.5 Å². The molecule has 0 bridgehead atoms. The molecule has 148 valence electrons. The van der Waals surface area contributed by atoms with Crippen LogP contribution in [0.4, 0.5) is 0 Å². The third-order valence-electron chi connectivity index (χ3n) is 3.91. The van der Waals surface area contributed by atoms with Gasteiger partial charge in [-0.25, -0.2) is 0 Å². The van der Waals surface area contributed by atoms with Crippen LogP contribution in [0.25, 0.3) is 0 Å². The van der Waals surface area contributed by atoms with Crippen LogP contribution in [0.5, 0.6) is 0 Å². The Balaban J connectivity index is 2.31. The Labute approximate surface area is 162 Å². The molecule has 27 heavy (non-hydrogen) atoms. The molecule has 0 aliphatic rings. The number of hydrogen-bond donors (Lipinski definition) is 1. The maximum absolute atomic E-state index is 12.4. The quantitative estimate of drug-likeness (QED) is 0.528. The average molecular weight is 394 g/mol. The number of ether oxygens (including phenoxy) is 1. The Morgan fingerprint density at radius 1 is 1.22 bits per heavy atom. The number of benzene rings is 1. The summed E-state index contributed by atoms with van der Waals surface area (Å²) in [6.45, 7) is 7.33. The fourth-order valence-electron chi connectivity index (χ4n) is 2.82. The molecular formula is C20H26O6S. The van der Waals surface area contributed by atoms with E-state index in [1.165, 1.54) is 0 Å². The average Bonchev–Trinajstić information content (AvgIpc) is 3.04. The fraction of sp³-hybridized carbons (Fsp3) is 0.450. The lowest BCUT2D eigenvalue weighted by molar-refractivity contribution is -0.156. The summed E-state index contributed by atoms with van der Waals surface area (Å²) >= 11 is -2.49. The van der Waals surface area contributed by atoms with E-state index in [1.54, 1.807) is 39.2 Å². The second kappa shape index (κ2) is 9.30. The molecule has 1 aromatic carbocycles. The van der Waals surface area contributed by atoms with E-state index in [9.17, 15) is 13.6 Å². The van der Waals surface area contributed by atoms with Gasteiger partial charge in [-0.3, -0.25) is 13.5 Å². The molecule has 0 saturated heterocycles. The molecule has 1 aromatic heterocycles. The topological polar surface area (TPSA) is 86.0 Å². The summed E-state index contributed by atoms with van der Waals surface area (Å²) in [5.74, 6) is -0.179. The minimum atomic E-state index is -2.49. The number of esters is 1. The standard InChI is InChI=1S/C20H26O6S/c1-14-7-9-15(10-8-14)19(26-27(22)23)16(12-17-6-5-11-24-17)13-18(21)25-20(2,3)4/h5-11,16,19H,12-13H2,1-4H3,(H,22,23). The van der Waals surface area contributed by atoms with Gasteiger partial charge in [0.2, 0.25) is 0 Å². The summed E-state index contributed by atoms with van der Waals surface area (Å²) in [5.41, 5.74) is 1.15. The van der Waals surface area contributed by atoms with Crippen molar-refractivity contribution < 1.29 is 26.9 Å². The summed E-state index contributed by atoms with van der Waals surface area (Å²) in [6, 6.07) is 11.0. The lowest BCUT2D eigenvalue weighted by atomic mass is 9.89. The minimum absolute atomic E-state index is 0.0215. The van der Waals surface area contributed by atoms with Gasteiger partial charge < -0.3 is 9.15 Å². The molecule has 2 rings (SSSR count). The van der Waals surface area contributed by atoms with Crippen LogP contribution in [-0.2, 0) is 31.5 Å². The fourth-order valence-corrected chi connectivity index (χ4v) is 3.27. The molecule has 0 amide bonds. The highest BCUT2D eigenvalue weighted by molar-refractivity contribution is 7.74. The highest BCUT2D eigenvalue weighted by atomic mass is 32.2. The van der Waals surface area contributed by atoms with E-state index in [0.29, 0.717) is 17.7 Å². The molecule has 0 fully saturated rings. The first-order valence-corrected chi connectivity index (χ1v) is 9.76. The second-order valence-electron chi connectivity index (χ2n) is 7.48. The Morgan fingerprint density at radius 3 is 2.41 bits per heavy atom. The zero-order valence-electron chi connectivity index (χ0n) is 16.0. The summed E-state index contributed by atoms with van der Waals surface area (Å²) in [6.07, 6.45) is 1.16. The third kappa shape index (κ3) is 7.28. The van der Waals surface area contributed by atoms with Crippen LogP contribution in [-0.4, -0.2) is 20.3 Å². The molecule has 0 saturated carbocycles. The molecule has 0 aliphatic carbocycles. The van der Waals surface area contributed by atoms with E-state index < -0.39 is 35.0 Å². The van der Waals surface area contributed by atoms with E-state index in [4.69, 9.17) is 13.3 Å². The van der Waals surface area contributed by atoms with Crippen LogP contribution in [0, 0.1) is 12.8 Å². The van der Waals surface area contributed by atoms with Crippen LogP contribution in [0.2, 0.25) is 0 Å². The Hall–Kier alpha value is -1.96. The first-order valence-electron chi connectivity index (χ1n) is 8.73. The van der Waals surface area contributed by atoms with Crippen molar-refractivity contribution in [2.24, 2.45) is 5.92 Å². The molecular weight excluding hydrogens is 368 g/mol. The molecule has 2 aromatic rings. The van der Waals surface area contributed by atoms with Crippen LogP contribution in [0.1, 0.15) is 50.2 Å². The van der Waals surface area contributed by atoms with E-state index in [-0.39, 0.29) is 6.42 Å². The highest BCUT2D eigenvalue weighted by Crippen LogP contribution is 2.33. The van der Waals surface area contributed by atoms with Gasteiger partial charge >= 0.3 is 17.3 Å². The molecule has 1 N–H and O–H groups in total. The first-order chi connectivity index (χ1) is 12.6. The SMILES string of the molecule is Cc1ccc(C(OS(=O)O)C(CC(=O)OC(C)(C)C)Cc2ccco2)cc1. The van der Waals surface area contributed by atoms with Crippen LogP contribution >= 0.6 is 0 Å². The predicted octanol–water partition coefficient (Wildman–Crippen LogP) is 4.37. The predicted molar refractivity (Wildman–Crippen MR) is 102 cm³/mol. The monoisotopic (exact) mass is 394 g/mol. The van der Waals surface area contributed by atoms with E-state index in [1.807, 2.05) is 31.2 Å². The Kier molecular flexibility index (Phi) is 7.35. The highest BCUT2D eigenvalue weighted by Gasteiger charge is 2.31. The second-order valence-corrected chi connectivity index (χ2v) is 8.11. The number of hydrogen-bond acceptors (Lipinski definition) is 5. The minimum Gasteiger partial charge on any atom is -0.469 e. The summed E-state index contributed by atoms with van der Waals surface area (Å²) < 4.78 is 36.9. The number of rotatable bonds is 8. The van der Waals surface area contributed by atoms with Crippen molar-refractivity contribution in [1.29, 1.82) is 0 Å². The molecule has 0 radical (unpaired) electrons. The normalized spacial score (nSPS) is 15.1. The van der Waals surface area contributed by atoms with Gasteiger partial charge in [0.05, 0.1) is 12.7 Å². The van der Waals surface area contributed by atoms with Crippen molar-refractivity contribution in [2.45, 2.75) is 52.2 Å². The van der Waals surface area contributed by atoms with Gasteiger partial charge in [0.25, 0.3) is 0 Å². The van der Waals surface area contributed by atoms with Gasteiger partial charge in [0, 0.05) is 12.3 Å². The third-order valence-corrected chi connectivity index (χ3v) is 4.28. The molecule has 7 heteroatoms.